The molecule has 0 saturated heterocycles. The number of hydrogen-bond acceptors (Lipinski definition) is 8. The summed E-state index contributed by atoms with van der Waals surface area (Å²) >= 11 is 0. The van der Waals surface area contributed by atoms with Crippen LogP contribution >= 0.6 is 0 Å². The third kappa shape index (κ3) is 3.86. The Morgan fingerprint density at radius 2 is 1.96 bits per heavy atom. The maximum Gasteiger partial charge on any atom is 0.290 e. The van der Waals surface area contributed by atoms with Crippen LogP contribution in [0.25, 0.3) is 5.69 Å². The number of nitro groups is 1. The van der Waals surface area contributed by atoms with Gasteiger partial charge in [-0.1, -0.05) is 23.3 Å². The highest BCUT2D eigenvalue weighted by Crippen LogP contribution is 2.18. The number of pyridine rings is 1. The molecule has 0 spiro atoms. The number of benzene rings is 1. The van der Waals surface area contributed by atoms with Crippen LogP contribution in [-0.2, 0) is 0 Å². The highest BCUT2D eigenvalue weighted by atomic mass is 16.6. The molecule has 0 amide bonds. The quantitative estimate of drug-likeness (QED) is 0.379. The molecule has 0 unspecified atom stereocenters. The van der Waals surface area contributed by atoms with Crippen molar-refractivity contribution in [2.75, 3.05) is 23.7 Å². The molecule has 10 heteroatoms. The van der Waals surface area contributed by atoms with Crippen LogP contribution in [0.2, 0.25) is 0 Å². The van der Waals surface area contributed by atoms with Crippen molar-refractivity contribution >= 4 is 17.5 Å². The van der Waals surface area contributed by atoms with E-state index in [1.807, 2.05) is 30.3 Å². The van der Waals surface area contributed by atoms with Gasteiger partial charge >= 0.3 is 0 Å². The number of hydrogen-bond donors (Lipinski definition) is 2. The average molecular weight is 340 g/mol. The summed E-state index contributed by atoms with van der Waals surface area (Å²) in [5, 5.41) is 28.6. The number of nitrogens with one attached hydrogen (secondary N) is 2. The summed E-state index contributed by atoms with van der Waals surface area (Å²) in [5.41, 5.74) is 1.42. The molecule has 0 radical (unpaired) electrons. The molecule has 0 aliphatic heterocycles. The molecule has 0 bridgehead atoms. The zero-order valence-electron chi connectivity index (χ0n) is 13.5. The van der Waals surface area contributed by atoms with Crippen molar-refractivity contribution in [3.8, 4) is 5.69 Å². The standard InChI is InChI=1S/C15H16N8O2/c1-11-9-14(18-10-13(11)23(24)25)16-7-8-17-15-19-20-21-22(15)12-5-3-2-4-6-12/h2-6,9-10H,7-8H2,1H3,(H,16,18)(H,17,19,21). The monoisotopic (exact) mass is 340 g/mol. The number of aromatic nitrogens is 5. The normalized spacial score (nSPS) is 10.4. The van der Waals surface area contributed by atoms with Crippen molar-refractivity contribution in [3.05, 3.63) is 58.3 Å². The van der Waals surface area contributed by atoms with Gasteiger partial charge in [0.25, 0.3) is 5.69 Å². The Morgan fingerprint density at radius 3 is 2.68 bits per heavy atom. The zero-order valence-corrected chi connectivity index (χ0v) is 13.5. The maximum atomic E-state index is 10.8. The van der Waals surface area contributed by atoms with Crippen LogP contribution in [0.1, 0.15) is 5.56 Å². The van der Waals surface area contributed by atoms with Crippen molar-refractivity contribution in [3.63, 3.8) is 0 Å². The van der Waals surface area contributed by atoms with Crippen LogP contribution < -0.4 is 10.6 Å². The molecule has 2 N–H and O–H groups in total. The minimum Gasteiger partial charge on any atom is -0.368 e. The van der Waals surface area contributed by atoms with Gasteiger partial charge in [-0.25, -0.2) is 4.98 Å². The summed E-state index contributed by atoms with van der Waals surface area (Å²) < 4.78 is 1.61. The third-order valence-electron chi connectivity index (χ3n) is 3.46. The smallest absolute Gasteiger partial charge is 0.290 e. The molecular weight excluding hydrogens is 324 g/mol. The first-order chi connectivity index (χ1) is 12.1. The van der Waals surface area contributed by atoms with E-state index in [-0.39, 0.29) is 5.69 Å². The first-order valence-electron chi connectivity index (χ1n) is 7.58. The van der Waals surface area contributed by atoms with Gasteiger partial charge in [-0.15, -0.1) is 0 Å². The van der Waals surface area contributed by atoms with Crippen LogP contribution in [0.4, 0.5) is 17.5 Å². The van der Waals surface area contributed by atoms with E-state index < -0.39 is 4.92 Å². The fourth-order valence-corrected chi connectivity index (χ4v) is 2.24. The fraction of sp³-hybridized carbons (Fsp3) is 0.200. The summed E-state index contributed by atoms with van der Waals surface area (Å²) in [6.45, 7) is 2.77. The van der Waals surface area contributed by atoms with Crippen LogP contribution in [0.3, 0.4) is 0 Å². The van der Waals surface area contributed by atoms with E-state index in [1.54, 1.807) is 17.7 Å². The van der Waals surface area contributed by atoms with E-state index in [4.69, 9.17) is 0 Å². The van der Waals surface area contributed by atoms with E-state index >= 15 is 0 Å². The molecule has 3 rings (SSSR count). The van der Waals surface area contributed by atoms with Gasteiger partial charge in [0.15, 0.2) is 0 Å². The van der Waals surface area contributed by atoms with Gasteiger partial charge < -0.3 is 10.6 Å². The summed E-state index contributed by atoms with van der Waals surface area (Å²) in [6.07, 6.45) is 1.25. The summed E-state index contributed by atoms with van der Waals surface area (Å²) in [4.78, 5) is 14.4. The van der Waals surface area contributed by atoms with Crippen LogP contribution in [-0.4, -0.2) is 43.2 Å². The molecule has 2 heterocycles. The molecule has 0 aliphatic carbocycles. The molecule has 10 nitrogen and oxygen atoms in total. The Bertz CT molecular complexity index is 865. The highest BCUT2D eigenvalue weighted by Gasteiger charge is 2.11. The molecule has 0 aliphatic rings. The average Bonchev–Trinajstić information content (AvgIpc) is 3.08. The van der Waals surface area contributed by atoms with E-state index in [0.717, 1.165) is 5.69 Å². The zero-order chi connectivity index (χ0) is 17.6. The molecule has 25 heavy (non-hydrogen) atoms. The predicted octanol–water partition coefficient (Wildman–Crippen LogP) is 1.80. The molecular formula is C15H16N8O2. The minimum atomic E-state index is -0.447. The van der Waals surface area contributed by atoms with Crippen LogP contribution in [0.5, 0.6) is 0 Å². The van der Waals surface area contributed by atoms with Gasteiger partial charge in [0.2, 0.25) is 5.95 Å². The Kier molecular flexibility index (Phi) is 4.79. The lowest BCUT2D eigenvalue weighted by Crippen LogP contribution is -2.17. The summed E-state index contributed by atoms with van der Waals surface area (Å²) in [5.74, 6) is 1.10. The van der Waals surface area contributed by atoms with Gasteiger partial charge in [0, 0.05) is 18.7 Å². The molecule has 0 fully saturated rings. The second-order valence-corrected chi connectivity index (χ2v) is 5.22. The number of para-hydroxylation sites is 1. The maximum absolute atomic E-state index is 10.8. The number of nitrogens with zero attached hydrogens (tertiary/aromatic N) is 6. The van der Waals surface area contributed by atoms with Crippen molar-refractivity contribution in [2.24, 2.45) is 0 Å². The number of anilines is 2. The fourth-order valence-electron chi connectivity index (χ4n) is 2.24. The van der Waals surface area contributed by atoms with Crippen molar-refractivity contribution < 1.29 is 4.92 Å². The molecule has 3 aromatic rings. The molecule has 128 valence electrons. The van der Waals surface area contributed by atoms with Gasteiger partial charge in [0.05, 0.1) is 10.6 Å². The Balaban J connectivity index is 1.55. The number of aryl methyl sites for hydroxylation is 1. The molecule has 0 atom stereocenters. The van der Waals surface area contributed by atoms with Crippen molar-refractivity contribution in [1.82, 2.24) is 25.2 Å². The summed E-state index contributed by atoms with van der Waals surface area (Å²) in [7, 11) is 0. The lowest BCUT2D eigenvalue weighted by atomic mass is 10.2. The lowest BCUT2D eigenvalue weighted by Gasteiger charge is -2.09. The first-order valence-corrected chi connectivity index (χ1v) is 7.58. The third-order valence-corrected chi connectivity index (χ3v) is 3.46. The van der Waals surface area contributed by atoms with Crippen LogP contribution in [0, 0.1) is 17.0 Å². The number of tetrazole rings is 1. The first kappa shape index (κ1) is 16.3. The van der Waals surface area contributed by atoms with Crippen LogP contribution in [0.15, 0.2) is 42.6 Å². The SMILES string of the molecule is Cc1cc(NCCNc2nnnn2-c2ccccc2)ncc1[N+](=O)[O-]. The van der Waals surface area contributed by atoms with E-state index in [2.05, 4.69) is 31.1 Å². The minimum absolute atomic E-state index is 0.00529. The predicted molar refractivity (Wildman–Crippen MR) is 91.8 cm³/mol. The Morgan fingerprint density at radius 1 is 1.20 bits per heavy atom. The van der Waals surface area contributed by atoms with Gasteiger partial charge in [-0.3, -0.25) is 10.1 Å². The largest absolute Gasteiger partial charge is 0.368 e. The highest BCUT2D eigenvalue weighted by molar-refractivity contribution is 5.47. The second-order valence-electron chi connectivity index (χ2n) is 5.22. The Labute approximate surface area is 143 Å². The lowest BCUT2D eigenvalue weighted by molar-refractivity contribution is -0.385. The molecule has 0 saturated carbocycles. The van der Waals surface area contributed by atoms with Gasteiger partial charge in [0.1, 0.15) is 12.0 Å². The number of rotatable bonds is 7. The van der Waals surface area contributed by atoms with E-state index in [1.165, 1.54) is 6.20 Å². The van der Waals surface area contributed by atoms with Gasteiger partial charge in [-0.2, -0.15) is 4.68 Å². The second kappa shape index (κ2) is 7.34. The van der Waals surface area contributed by atoms with E-state index in [0.29, 0.717) is 30.4 Å². The topological polar surface area (TPSA) is 124 Å². The van der Waals surface area contributed by atoms with E-state index in [9.17, 15) is 10.1 Å². The molecule has 1 aromatic carbocycles. The van der Waals surface area contributed by atoms with Crippen molar-refractivity contribution in [2.45, 2.75) is 6.92 Å². The summed E-state index contributed by atoms with van der Waals surface area (Å²) in [6, 6.07) is 11.2. The van der Waals surface area contributed by atoms with Crippen molar-refractivity contribution in [1.29, 1.82) is 0 Å². The Hall–Kier alpha value is -3.56. The molecule has 2 aromatic heterocycles. The van der Waals surface area contributed by atoms with Gasteiger partial charge in [-0.05, 0) is 35.5 Å².